The third-order valence-corrected chi connectivity index (χ3v) is 5.23. The summed E-state index contributed by atoms with van der Waals surface area (Å²) in [5, 5.41) is 10.4. The lowest BCUT2D eigenvalue weighted by Gasteiger charge is -2.19. The van der Waals surface area contributed by atoms with Gasteiger partial charge in [-0.15, -0.1) is 0 Å². The number of carbonyl (C=O) groups is 1. The lowest BCUT2D eigenvalue weighted by Crippen LogP contribution is -2.20. The molecule has 186 valence electrons. The fraction of sp³-hybridized carbons (Fsp3) is 0.231. The molecule has 0 aliphatic carbocycles. The highest BCUT2D eigenvalue weighted by Crippen LogP contribution is 2.38. The lowest BCUT2D eigenvalue weighted by atomic mass is 10.2. The number of aromatic nitrogens is 4. The molecule has 10 nitrogen and oxygen atoms in total. The number of benzene rings is 1. The molecule has 1 aromatic carbocycles. The minimum absolute atomic E-state index is 0.353. The van der Waals surface area contributed by atoms with Crippen LogP contribution in [0.5, 0.6) is 11.5 Å². The molecule has 36 heavy (non-hydrogen) atoms. The Bertz CT molecular complexity index is 1370. The molecule has 0 fully saturated rings. The van der Waals surface area contributed by atoms with Crippen LogP contribution in [0.4, 0.5) is 17.3 Å². The van der Waals surface area contributed by atoms with Crippen molar-refractivity contribution >= 4 is 28.7 Å². The summed E-state index contributed by atoms with van der Waals surface area (Å²) in [6, 6.07) is 11.2. The number of hydrogen-bond donors (Lipinski definition) is 2. The summed E-state index contributed by atoms with van der Waals surface area (Å²) in [6.07, 6.45) is 6.54. The van der Waals surface area contributed by atoms with E-state index < -0.39 is 0 Å². The molecule has 0 atom stereocenters. The topological polar surface area (TPSA) is 106 Å². The highest BCUT2D eigenvalue weighted by molar-refractivity contribution is 6.00. The van der Waals surface area contributed by atoms with Gasteiger partial charge in [0.15, 0.2) is 0 Å². The summed E-state index contributed by atoms with van der Waals surface area (Å²) >= 11 is 0. The van der Waals surface area contributed by atoms with E-state index >= 15 is 0 Å². The van der Waals surface area contributed by atoms with Crippen molar-refractivity contribution in [2.24, 2.45) is 0 Å². The molecule has 4 rings (SSSR count). The van der Waals surface area contributed by atoms with Crippen LogP contribution in [0.1, 0.15) is 6.92 Å². The molecule has 0 aliphatic rings. The Morgan fingerprint density at radius 1 is 1.17 bits per heavy atom. The van der Waals surface area contributed by atoms with Crippen LogP contribution in [0.2, 0.25) is 0 Å². The van der Waals surface area contributed by atoms with Gasteiger partial charge < -0.3 is 25.0 Å². The van der Waals surface area contributed by atoms with Crippen molar-refractivity contribution in [3.8, 4) is 22.8 Å². The average Bonchev–Trinajstić information content (AvgIpc) is 3.30. The Balaban J connectivity index is 1.68. The fourth-order valence-corrected chi connectivity index (χ4v) is 3.49. The molecule has 0 bridgehead atoms. The summed E-state index contributed by atoms with van der Waals surface area (Å²) in [5.74, 6) is 1.04. The molecule has 2 N–H and O–H groups in total. The minimum Gasteiger partial charge on any atom is -0.492 e. The quantitative estimate of drug-likeness (QED) is 0.306. The van der Waals surface area contributed by atoms with Gasteiger partial charge in [0, 0.05) is 30.6 Å². The van der Waals surface area contributed by atoms with E-state index in [1.165, 1.54) is 6.08 Å². The Morgan fingerprint density at radius 3 is 2.78 bits per heavy atom. The predicted octanol–water partition coefficient (Wildman–Crippen LogP) is 4.00. The number of nitrogens with one attached hydrogen (secondary N) is 2. The second-order valence-corrected chi connectivity index (χ2v) is 8.10. The zero-order valence-corrected chi connectivity index (χ0v) is 20.6. The van der Waals surface area contributed by atoms with Crippen LogP contribution in [0.15, 0.2) is 67.6 Å². The first-order valence-electron chi connectivity index (χ1n) is 11.5. The Kier molecular flexibility index (Phi) is 7.76. The molecular formula is C26H29N7O3. The number of fused-ring (bicyclic) bond motifs is 1. The zero-order valence-electron chi connectivity index (χ0n) is 20.6. The van der Waals surface area contributed by atoms with Crippen molar-refractivity contribution in [1.82, 2.24) is 24.5 Å². The van der Waals surface area contributed by atoms with Gasteiger partial charge in [-0.3, -0.25) is 4.79 Å². The summed E-state index contributed by atoms with van der Waals surface area (Å²) in [6.45, 7) is 7.02. The van der Waals surface area contributed by atoms with Crippen LogP contribution in [0.3, 0.4) is 0 Å². The normalized spacial score (nSPS) is 10.9. The number of ether oxygens (including phenoxy) is 2. The van der Waals surface area contributed by atoms with Gasteiger partial charge >= 0.3 is 0 Å². The summed E-state index contributed by atoms with van der Waals surface area (Å²) in [7, 11) is 3.92. The van der Waals surface area contributed by atoms with Gasteiger partial charge in [0.1, 0.15) is 18.1 Å². The monoisotopic (exact) mass is 487 g/mol. The smallest absolute Gasteiger partial charge is 0.247 e. The van der Waals surface area contributed by atoms with E-state index in [-0.39, 0.29) is 5.91 Å². The average molecular weight is 488 g/mol. The minimum atomic E-state index is -0.353. The van der Waals surface area contributed by atoms with E-state index in [4.69, 9.17) is 9.47 Å². The Hall–Kier alpha value is -4.44. The van der Waals surface area contributed by atoms with E-state index in [1.807, 2.05) is 56.4 Å². The number of amides is 1. The zero-order chi connectivity index (χ0) is 25.5. The number of likely N-dealkylation sites (N-methyl/N-ethyl adjacent to an activating group) is 1. The molecule has 10 heteroatoms. The second-order valence-electron chi connectivity index (χ2n) is 8.10. The van der Waals surface area contributed by atoms with Crippen molar-refractivity contribution in [2.45, 2.75) is 6.92 Å². The van der Waals surface area contributed by atoms with Crippen LogP contribution in [0, 0.1) is 0 Å². The van der Waals surface area contributed by atoms with Crippen molar-refractivity contribution in [1.29, 1.82) is 0 Å². The van der Waals surface area contributed by atoms with E-state index in [0.29, 0.717) is 48.6 Å². The molecule has 0 radical (unpaired) electrons. The summed E-state index contributed by atoms with van der Waals surface area (Å²) < 4.78 is 13.6. The number of carbonyl (C=O) groups excluding carboxylic acids is 1. The van der Waals surface area contributed by atoms with E-state index in [1.54, 1.807) is 29.0 Å². The lowest BCUT2D eigenvalue weighted by molar-refractivity contribution is -0.111. The van der Waals surface area contributed by atoms with Crippen LogP contribution in [-0.4, -0.2) is 64.2 Å². The van der Waals surface area contributed by atoms with Crippen LogP contribution in [0.25, 0.3) is 16.8 Å². The van der Waals surface area contributed by atoms with Gasteiger partial charge in [0.05, 0.1) is 35.4 Å². The molecule has 1 amide bonds. The fourth-order valence-electron chi connectivity index (χ4n) is 3.49. The first-order chi connectivity index (χ1) is 17.5. The van der Waals surface area contributed by atoms with E-state index in [2.05, 4.69) is 32.3 Å². The number of hydrogen-bond acceptors (Lipinski definition) is 8. The molecule has 4 aromatic rings. The SMILES string of the molecule is C=CC(=O)Nc1cc(Nc2nccc(-c3cnn4ccccc34)n2)c(OCC)cc1OCCN(C)C. The molecule has 3 heterocycles. The van der Waals surface area contributed by atoms with Gasteiger partial charge in [-0.1, -0.05) is 12.6 Å². The van der Waals surface area contributed by atoms with E-state index in [9.17, 15) is 4.79 Å². The predicted molar refractivity (Wildman–Crippen MR) is 140 cm³/mol. The van der Waals surface area contributed by atoms with Crippen LogP contribution < -0.4 is 20.1 Å². The van der Waals surface area contributed by atoms with Crippen molar-refractivity contribution in [3.63, 3.8) is 0 Å². The molecule has 0 saturated carbocycles. The Morgan fingerprint density at radius 2 is 2.00 bits per heavy atom. The van der Waals surface area contributed by atoms with Crippen molar-refractivity contribution in [3.05, 3.63) is 67.6 Å². The van der Waals surface area contributed by atoms with Crippen LogP contribution >= 0.6 is 0 Å². The van der Waals surface area contributed by atoms with Gasteiger partial charge in [-0.25, -0.2) is 14.5 Å². The third kappa shape index (κ3) is 5.78. The molecule has 0 aliphatic heterocycles. The molecule has 3 aromatic heterocycles. The Labute approximate surface area is 209 Å². The first kappa shape index (κ1) is 24.7. The molecule has 0 saturated heterocycles. The molecular weight excluding hydrogens is 458 g/mol. The summed E-state index contributed by atoms with van der Waals surface area (Å²) in [5.41, 5.74) is 3.59. The number of nitrogens with zero attached hydrogens (tertiary/aromatic N) is 5. The van der Waals surface area contributed by atoms with E-state index in [0.717, 1.165) is 16.8 Å². The van der Waals surface area contributed by atoms with Gasteiger partial charge in [0.25, 0.3) is 0 Å². The number of pyridine rings is 1. The molecule has 0 spiro atoms. The highest BCUT2D eigenvalue weighted by Gasteiger charge is 2.16. The highest BCUT2D eigenvalue weighted by atomic mass is 16.5. The molecule has 0 unspecified atom stereocenters. The van der Waals surface area contributed by atoms with Gasteiger partial charge in [0.2, 0.25) is 11.9 Å². The summed E-state index contributed by atoms with van der Waals surface area (Å²) in [4.78, 5) is 23.2. The second kappa shape index (κ2) is 11.3. The standard InChI is InChI=1S/C26H29N7O3/c1-5-25(34)29-20-15-21(23(35-6-2)16-24(20)36-14-13-32(3)4)31-26-27-11-10-19(30-26)18-17-28-33-12-8-7-9-22(18)33/h5,7-12,15-17H,1,6,13-14H2,2-4H3,(H,29,34)(H,27,30,31). The third-order valence-electron chi connectivity index (χ3n) is 5.23. The maximum absolute atomic E-state index is 12.1. The number of anilines is 3. The first-order valence-corrected chi connectivity index (χ1v) is 11.5. The van der Waals surface area contributed by atoms with Crippen molar-refractivity contribution < 1.29 is 14.3 Å². The van der Waals surface area contributed by atoms with Gasteiger partial charge in [-0.05, 0) is 51.4 Å². The maximum atomic E-state index is 12.1. The van der Waals surface area contributed by atoms with Gasteiger partial charge in [-0.2, -0.15) is 5.10 Å². The van der Waals surface area contributed by atoms with Crippen LogP contribution in [-0.2, 0) is 4.79 Å². The largest absolute Gasteiger partial charge is 0.492 e. The maximum Gasteiger partial charge on any atom is 0.247 e. The number of rotatable bonds is 11. The van der Waals surface area contributed by atoms with Crippen molar-refractivity contribution in [2.75, 3.05) is 44.5 Å².